The van der Waals surface area contributed by atoms with E-state index in [1.54, 1.807) is 13.2 Å². The molecule has 9 nitrogen and oxygen atoms in total. The summed E-state index contributed by atoms with van der Waals surface area (Å²) in [6, 6.07) is 10.7. The van der Waals surface area contributed by atoms with Gasteiger partial charge in [-0.05, 0) is 36.3 Å². The Morgan fingerprint density at radius 1 is 1.34 bits per heavy atom. The largest absolute Gasteiger partial charge is 0.506 e. The predicted molar refractivity (Wildman–Crippen MR) is 125 cm³/mol. The number of rotatable bonds is 8. The number of methoxy groups -OCH3 is 1. The summed E-state index contributed by atoms with van der Waals surface area (Å²) >= 11 is 6.50. The molecule has 1 aliphatic rings. The third-order valence-electron chi connectivity index (χ3n) is 4.52. The molecule has 32 heavy (non-hydrogen) atoms. The van der Waals surface area contributed by atoms with Crippen molar-refractivity contribution in [3.8, 4) is 11.5 Å². The van der Waals surface area contributed by atoms with E-state index in [-0.39, 0.29) is 30.2 Å². The van der Waals surface area contributed by atoms with Gasteiger partial charge in [-0.3, -0.25) is 24.6 Å². The summed E-state index contributed by atoms with van der Waals surface area (Å²) in [5.41, 5.74) is 0.608. The van der Waals surface area contributed by atoms with Crippen molar-refractivity contribution in [2.45, 2.75) is 12.8 Å². The lowest BCUT2D eigenvalue weighted by atomic mass is 10.2. The number of carbonyl (C=O) groups excluding carboxylic acids is 2. The Balaban J connectivity index is 1.55. The number of nitro groups is 1. The number of phenolic OH excluding ortho intramolecular Hbond substituents is 1. The number of amides is 2. The van der Waals surface area contributed by atoms with Crippen molar-refractivity contribution >= 4 is 57.6 Å². The molecule has 2 N–H and O–H groups in total. The second kappa shape index (κ2) is 10.2. The number of carbonyl (C=O) groups is 2. The number of thioether (sulfide) groups is 1. The van der Waals surface area contributed by atoms with Gasteiger partial charge in [-0.25, -0.2) is 0 Å². The zero-order chi connectivity index (χ0) is 23.3. The zero-order valence-electron chi connectivity index (χ0n) is 16.9. The van der Waals surface area contributed by atoms with Gasteiger partial charge in [-0.15, -0.1) is 0 Å². The van der Waals surface area contributed by atoms with Gasteiger partial charge < -0.3 is 15.2 Å². The van der Waals surface area contributed by atoms with E-state index in [0.717, 1.165) is 11.6 Å². The van der Waals surface area contributed by atoms with Crippen molar-refractivity contribution in [1.29, 1.82) is 0 Å². The number of hydrogen-bond acceptors (Lipinski definition) is 8. The van der Waals surface area contributed by atoms with Crippen LogP contribution in [0.3, 0.4) is 0 Å². The van der Waals surface area contributed by atoms with Crippen LogP contribution in [0.2, 0.25) is 0 Å². The smallest absolute Gasteiger partial charge is 0.273 e. The van der Waals surface area contributed by atoms with Gasteiger partial charge in [0.05, 0.1) is 28.7 Å². The fourth-order valence-corrected chi connectivity index (χ4v) is 4.23. The first-order chi connectivity index (χ1) is 15.3. The molecule has 0 atom stereocenters. The van der Waals surface area contributed by atoms with Crippen LogP contribution in [0.4, 0.5) is 11.4 Å². The molecule has 1 aliphatic heterocycles. The van der Waals surface area contributed by atoms with E-state index >= 15 is 0 Å². The Hall–Kier alpha value is -3.44. The van der Waals surface area contributed by atoms with Gasteiger partial charge in [0.25, 0.3) is 11.6 Å². The highest BCUT2D eigenvalue weighted by Crippen LogP contribution is 2.33. The number of nitrogens with zero attached hydrogens (tertiary/aromatic N) is 2. The first-order valence-corrected chi connectivity index (χ1v) is 10.7. The normalized spacial score (nSPS) is 14.7. The number of benzene rings is 2. The van der Waals surface area contributed by atoms with E-state index in [4.69, 9.17) is 17.0 Å². The molecule has 166 valence electrons. The second-order valence-electron chi connectivity index (χ2n) is 6.72. The summed E-state index contributed by atoms with van der Waals surface area (Å²) in [5.74, 6) is -0.339. The van der Waals surface area contributed by atoms with Gasteiger partial charge in [-0.2, -0.15) is 0 Å². The summed E-state index contributed by atoms with van der Waals surface area (Å²) in [5, 5.41) is 23.0. The summed E-state index contributed by atoms with van der Waals surface area (Å²) in [7, 11) is 1.57. The van der Waals surface area contributed by atoms with Crippen molar-refractivity contribution in [3.63, 3.8) is 0 Å². The fraction of sp³-hybridized carbons (Fsp3) is 0.190. The molecule has 1 fully saturated rings. The minimum absolute atomic E-state index is 0.0718. The minimum Gasteiger partial charge on any atom is -0.506 e. The number of thiocarbonyl (C=S) groups is 1. The molecule has 0 spiro atoms. The number of non-ortho nitro benzene ring substituents is 1. The summed E-state index contributed by atoms with van der Waals surface area (Å²) in [6.07, 6.45) is 2.16. The standard InChI is InChI=1S/C21H19N3O6S2/c1-30-15-5-2-4-13(10-15)11-18-20(27)23(21(31)32-18)9-3-6-19(26)22-16-8-7-14(24(28)29)12-17(16)25/h2,4-5,7-8,10-12,25H,3,6,9H2,1H3,(H,22,26). The summed E-state index contributed by atoms with van der Waals surface area (Å²) in [4.78, 5) is 36.9. The highest BCUT2D eigenvalue weighted by Gasteiger charge is 2.31. The van der Waals surface area contributed by atoms with Crippen LogP contribution in [0, 0.1) is 10.1 Å². The molecule has 1 heterocycles. The first-order valence-electron chi connectivity index (χ1n) is 9.45. The molecule has 0 unspecified atom stereocenters. The van der Waals surface area contributed by atoms with Crippen LogP contribution in [-0.2, 0) is 9.59 Å². The molecule has 0 bridgehead atoms. The maximum atomic E-state index is 12.7. The van der Waals surface area contributed by atoms with E-state index in [1.807, 2.05) is 24.3 Å². The Kier molecular flexibility index (Phi) is 7.44. The summed E-state index contributed by atoms with van der Waals surface area (Å²) < 4.78 is 5.60. The third-order valence-corrected chi connectivity index (χ3v) is 5.89. The minimum atomic E-state index is -0.643. The molecule has 3 rings (SSSR count). The molecule has 2 aromatic carbocycles. The maximum absolute atomic E-state index is 12.7. The average Bonchev–Trinajstić information content (AvgIpc) is 3.02. The van der Waals surface area contributed by atoms with Crippen LogP contribution < -0.4 is 10.1 Å². The molecule has 11 heteroatoms. The fourth-order valence-electron chi connectivity index (χ4n) is 2.93. The molecule has 2 amide bonds. The lowest BCUT2D eigenvalue weighted by Crippen LogP contribution is -2.29. The third kappa shape index (κ3) is 5.62. The summed E-state index contributed by atoms with van der Waals surface area (Å²) in [6.45, 7) is 0.264. The quantitative estimate of drug-likeness (QED) is 0.194. The van der Waals surface area contributed by atoms with Crippen LogP contribution in [-0.4, -0.2) is 44.7 Å². The van der Waals surface area contributed by atoms with E-state index in [1.165, 1.54) is 28.8 Å². The van der Waals surface area contributed by atoms with Crippen molar-refractivity contribution < 1.29 is 24.4 Å². The number of hydrogen-bond donors (Lipinski definition) is 2. The number of nitrogens with one attached hydrogen (secondary N) is 1. The number of ether oxygens (including phenoxy) is 1. The van der Waals surface area contributed by atoms with Gasteiger partial charge in [0.15, 0.2) is 0 Å². The van der Waals surface area contributed by atoms with Gasteiger partial charge in [0.2, 0.25) is 5.91 Å². The molecule has 1 saturated heterocycles. The van der Waals surface area contributed by atoms with E-state index in [0.29, 0.717) is 21.4 Å². The highest BCUT2D eigenvalue weighted by atomic mass is 32.2. The molecular formula is C21H19N3O6S2. The monoisotopic (exact) mass is 473 g/mol. The van der Waals surface area contributed by atoms with Gasteiger partial charge >= 0.3 is 0 Å². The maximum Gasteiger partial charge on any atom is 0.273 e. The lowest BCUT2D eigenvalue weighted by molar-refractivity contribution is -0.384. The molecule has 0 saturated carbocycles. The van der Waals surface area contributed by atoms with Crippen molar-refractivity contribution in [2.24, 2.45) is 0 Å². The topological polar surface area (TPSA) is 122 Å². The van der Waals surface area contributed by atoms with E-state index in [2.05, 4.69) is 5.32 Å². The van der Waals surface area contributed by atoms with E-state index < -0.39 is 16.6 Å². The number of phenols is 1. The second-order valence-corrected chi connectivity index (χ2v) is 8.40. The van der Waals surface area contributed by atoms with Crippen LogP contribution in [0.25, 0.3) is 6.08 Å². The van der Waals surface area contributed by atoms with E-state index in [9.17, 15) is 24.8 Å². The molecular weight excluding hydrogens is 454 g/mol. The number of aromatic hydroxyl groups is 1. The molecule has 0 radical (unpaired) electrons. The van der Waals surface area contributed by atoms with Crippen molar-refractivity contribution in [1.82, 2.24) is 4.90 Å². The number of nitro benzene ring substituents is 1. The Bertz CT molecular complexity index is 1120. The zero-order valence-corrected chi connectivity index (χ0v) is 18.6. The van der Waals surface area contributed by atoms with Gasteiger partial charge in [-0.1, -0.05) is 36.1 Å². The van der Waals surface area contributed by atoms with Crippen LogP contribution >= 0.6 is 24.0 Å². The molecule has 0 aromatic heterocycles. The molecule has 0 aliphatic carbocycles. The Labute approximate surface area is 193 Å². The van der Waals surface area contributed by atoms with Crippen molar-refractivity contribution in [2.75, 3.05) is 19.0 Å². The Morgan fingerprint density at radius 3 is 2.81 bits per heavy atom. The van der Waals surface area contributed by atoms with Crippen LogP contribution in [0.5, 0.6) is 11.5 Å². The lowest BCUT2D eigenvalue weighted by Gasteiger charge is -2.14. The first kappa shape index (κ1) is 23.2. The SMILES string of the molecule is COc1cccc(C=C2SC(=S)N(CCCC(=O)Nc3ccc([N+](=O)[O-])cc3O)C2=O)c1. The van der Waals surface area contributed by atoms with Crippen molar-refractivity contribution in [3.05, 3.63) is 63.0 Å². The van der Waals surface area contributed by atoms with Gasteiger partial charge in [0, 0.05) is 19.0 Å². The van der Waals surface area contributed by atoms with Gasteiger partial charge in [0.1, 0.15) is 15.8 Å². The van der Waals surface area contributed by atoms with Crippen LogP contribution in [0.15, 0.2) is 47.4 Å². The number of anilines is 1. The Morgan fingerprint density at radius 2 is 2.12 bits per heavy atom. The highest BCUT2D eigenvalue weighted by molar-refractivity contribution is 8.26. The molecule has 2 aromatic rings. The average molecular weight is 474 g/mol. The predicted octanol–water partition coefficient (Wildman–Crippen LogP) is 3.93. The van der Waals surface area contributed by atoms with Crippen LogP contribution in [0.1, 0.15) is 18.4 Å².